The number of halogens is 2. The Bertz CT molecular complexity index is 604. The van der Waals surface area contributed by atoms with Gasteiger partial charge in [0.05, 0.1) is 16.9 Å². The highest BCUT2D eigenvalue weighted by Crippen LogP contribution is 2.25. The minimum Gasteiger partial charge on any atom is -0.326 e. The van der Waals surface area contributed by atoms with Gasteiger partial charge in [0.1, 0.15) is 11.6 Å². The molecule has 0 aliphatic rings. The van der Waals surface area contributed by atoms with E-state index in [0.29, 0.717) is 11.4 Å². The lowest BCUT2D eigenvalue weighted by molar-refractivity contribution is 0.212. The summed E-state index contributed by atoms with van der Waals surface area (Å²) in [7, 11) is 4.12. The smallest absolute Gasteiger partial charge is 0.125 e. The first-order valence-corrected chi connectivity index (χ1v) is 7.21. The summed E-state index contributed by atoms with van der Waals surface area (Å²) in [6.45, 7) is 6.17. The van der Waals surface area contributed by atoms with Crippen LogP contribution in [0.25, 0.3) is 11.0 Å². The topological polar surface area (TPSA) is 21.1 Å². The molecule has 1 aromatic carbocycles. The van der Waals surface area contributed by atoms with Gasteiger partial charge >= 0.3 is 0 Å². The first-order valence-electron chi connectivity index (χ1n) is 6.68. The van der Waals surface area contributed by atoms with Crippen LogP contribution in [-0.4, -0.2) is 35.1 Å². The van der Waals surface area contributed by atoms with Gasteiger partial charge in [0.2, 0.25) is 0 Å². The van der Waals surface area contributed by atoms with Gasteiger partial charge in [-0.2, -0.15) is 0 Å². The quantitative estimate of drug-likeness (QED) is 0.788. The van der Waals surface area contributed by atoms with E-state index in [-0.39, 0.29) is 11.2 Å². The summed E-state index contributed by atoms with van der Waals surface area (Å²) in [5.41, 5.74) is 1.68. The third kappa shape index (κ3) is 3.30. The number of aromatic nitrogens is 2. The zero-order valence-corrected chi connectivity index (χ0v) is 13.2. The Morgan fingerprint density at radius 3 is 2.65 bits per heavy atom. The number of hydrogen-bond donors (Lipinski definition) is 0. The number of nitrogens with zero attached hydrogens (tertiary/aromatic N) is 3. The molecule has 1 aromatic heterocycles. The van der Waals surface area contributed by atoms with Crippen molar-refractivity contribution in [2.75, 3.05) is 20.6 Å². The molecule has 0 amide bonds. The summed E-state index contributed by atoms with van der Waals surface area (Å²) in [4.78, 5) is 6.60. The highest BCUT2D eigenvalue weighted by molar-refractivity contribution is 6.16. The second kappa shape index (κ2) is 5.70. The Balaban J connectivity index is 2.42. The number of alkyl halides is 1. The predicted molar refractivity (Wildman–Crippen MR) is 81.6 cm³/mol. The summed E-state index contributed by atoms with van der Waals surface area (Å²) in [6, 6.07) is 4.71. The maximum absolute atomic E-state index is 13.3. The summed E-state index contributed by atoms with van der Waals surface area (Å²) >= 11 is 5.99. The number of hydrogen-bond acceptors (Lipinski definition) is 2. The van der Waals surface area contributed by atoms with E-state index in [1.165, 1.54) is 12.1 Å². The molecule has 0 aliphatic carbocycles. The molecule has 2 rings (SSSR count). The van der Waals surface area contributed by atoms with Crippen LogP contribution in [0.1, 0.15) is 19.7 Å². The number of benzene rings is 1. The molecule has 20 heavy (non-hydrogen) atoms. The molecule has 5 heteroatoms. The number of fused-ring (bicyclic) bond motifs is 1. The van der Waals surface area contributed by atoms with Crippen LogP contribution in [0.3, 0.4) is 0 Å². The van der Waals surface area contributed by atoms with Gasteiger partial charge in [-0.05, 0) is 31.6 Å². The first-order chi connectivity index (χ1) is 9.32. The summed E-state index contributed by atoms with van der Waals surface area (Å²) < 4.78 is 15.4. The van der Waals surface area contributed by atoms with Crippen LogP contribution < -0.4 is 0 Å². The van der Waals surface area contributed by atoms with Crippen molar-refractivity contribution < 1.29 is 4.39 Å². The molecule has 0 N–H and O–H groups in total. The van der Waals surface area contributed by atoms with Crippen molar-refractivity contribution in [2.45, 2.75) is 26.3 Å². The van der Waals surface area contributed by atoms with Crippen LogP contribution in [-0.2, 0) is 12.4 Å². The molecule has 110 valence electrons. The van der Waals surface area contributed by atoms with Crippen LogP contribution in [0.5, 0.6) is 0 Å². The maximum atomic E-state index is 13.3. The van der Waals surface area contributed by atoms with Gasteiger partial charge in [0.15, 0.2) is 0 Å². The summed E-state index contributed by atoms with van der Waals surface area (Å²) in [6.07, 6.45) is 0. The Hall–Kier alpha value is -1.13. The molecule has 0 atom stereocenters. The van der Waals surface area contributed by atoms with Gasteiger partial charge in [-0.25, -0.2) is 9.37 Å². The Kier molecular flexibility index (Phi) is 4.35. The molecule has 0 saturated heterocycles. The van der Waals surface area contributed by atoms with Crippen molar-refractivity contribution >= 4 is 22.6 Å². The molecule has 0 saturated carbocycles. The molecule has 0 fully saturated rings. The lowest BCUT2D eigenvalue weighted by Gasteiger charge is -2.29. The Morgan fingerprint density at radius 1 is 1.35 bits per heavy atom. The van der Waals surface area contributed by atoms with E-state index in [0.717, 1.165) is 24.4 Å². The zero-order valence-electron chi connectivity index (χ0n) is 12.5. The third-order valence-corrected chi connectivity index (χ3v) is 3.48. The third-order valence-electron chi connectivity index (χ3n) is 3.24. The van der Waals surface area contributed by atoms with Crippen LogP contribution in [0, 0.1) is 11.2 Å². The molecule has 1 heterocycles. The molecule has 2 aromatic rings. The lowest BCUT2D eigenvalue weighted by atomic mass is 9.92. The number of imidazole rings is 1. The molecule has 0 spiro atoms. The minimum absolute atomic E-state index is 0.0757. The molecule has 0 aliphatic heterocycles. The summed E-state index contributed by atoms with van der Waals surface area (Å²) in [5, 5.41) is 0. The monoisotopic (exact) mass is 297 g/mol. The van der Waals surface area contributed by atoms with Gasteiger partial charge < -0.3 is 9.47 Å². The highest BCUT2D eigenvalue weighted by Gasteiger charge is 2.22. The van der Waals surface area contributed by atoms with Crippen molar-refractivity contribution in [1.82, 2.24) is 14.5 Å². The molecule has 0 unspecified atom stereocenters. The van der Waals surface area contributed by atoms with Gasteiger partial charge in [-0.15, -0.1) is 11.6 Å². The van der Waals surface area contributed by atoms with Crippen LogP contribution >= 0.6 is 11.6 Å². The molecular formula is C15H21ClFN3. The van der Waals surface area contributed by atoms with E-state index in [1.807, 2.05) is 0 Å². The van der Waals surface area contributed by atoms with E-state index in [9.17, 15) is 4.39 Å². The second-order valence-electron chi connectivity index (χ2n) is 6.28. The molecule has 0 radical (unpaired) electrons. The van der Waals surface area contributed by atoms with Crippen LogP contribution in [0.15, 0.2) is 18.2 Å². The van der Waals surface area contributed by atoms with Crippen molar-refractivity contribution in [2.24, 2.45) is 5.41 Å². The molecular weight excluding hydrogens is 277 g/mol. The van der Waals surface area contributed by atoms with Gasteiger partial charge in [0.25, 0.3) is 0 Å². The van der Waals surface area contributed by atoms with E-state index in [2.05, 4.69) is 42.4 Å². The fraction of sp³-hybridized carbons (Fsp3) is 0.533. The average molecular weight is 298 g/mol. The molecule has 3 nitrogen and oxygen atoms in total. The molecule has 0 bridgehead atoms. The SMILES string of the molecule is CN(C)CC(C)(C)Cn1c(CCl)nc2cc(F)ccc21. The Labute approximate surface area is 124 Å². The van der Waals surface area contributed by atoms with Crippen LogP contribution in [0.2, 0.25) is 0 Å². The van der Waals surface area contributed by atoms with Crippen molar-refractivity contribution in [3.8, 4) is 0 Å². The van der Waals surface area contributed by atoms with E-state index in [1.54, 1.807) is 6.07 Å². The normalized spacial score (nSPS) is 12.6. The standard InChI is InChI=1S/C15H21ClFN3/c1-15(2,9-19(3)4)10-20-13-6-5-11(17)7-12(13)18-14(20)8-16/h5-7H,8-10H2,1-4H3. The van der Waals surface area contributed by atoms with E-state index in [4.69, 9.17) is 11.6 Å². The van der Waals surface area contributed by atoms with Crippen LogP contribution in [0.4, 0.5) is 4.39 Å². The van der Waals surface area contributed by atoms with E-state index < -0.39 is 0 Å². The van der Waals surface area contributed by atoms with Crippen molar-refractivity contribution in [3.05, 3.63) is 29.8 Å². The van der Waals surface area contributed by atoms with Crippen molar-refractivity contribution in [1.29, 1.82) is 0 Å². The number of rotatable bonds is 5. The largest absolute Gasteiger partial charge is 0.326 e. The zero-order chi connectivity index (χ0) is 14.9. The van der Waals surface area contributed by atoms with Gasteiger partial charge in [0, 0.05) is 19.2 Å². The van der Waals surface area contributed by atoms with Gasteiger partial charge in [-0.1, -0.05) is 13.8 Å². The predicted octanol–water partition coefficient (Wildman–Crippen LogP) is 3.50. The minimum atomic E-state index is -0.268. The highest BCUT2D eigenvalue weighted by atomic mass is 35.5. The second-order valence-corrected chi connectivity index (χ2v) is 6.55. The Morgan fingerprint density at radius 2 is 2.05 bits per heavy atom. The van der Waals surface area contributed by atoms with E-state index >= 15 is 0 Å². The van der Waals surface area contributed by atoms with Gasteiger partial charge in [-0.3, -0.25) is 0 Å². The first kappa shape index (κ1) is 15.3. The summed E-state index contributed by atoms with van der Waals surface area (Å²) in [5.74, 6) is 0.851. The maximum Gasteiger partial charge on any atom is 0.125 e. The fourth-order valence-corrected chi connectivity index (χ4v) is 2.97. The average Bonchev–Trinajstić information content (AvgIpc) is 2.64. The van der Waals surface area contributed by atoms with Crippen molar-refractivity contribution in [3.63, 3.8) is 0 Å². The lowest BCUT2D eigenvalue weighted by Crippen LogP contribution is -2.32. The fourth-order valence-electron chi connectivity index (χ4n) is 2.77.